The number of ether oxygens (including phenoxy) is 1. The van der Waals surface area contributed by atoms with Crippen LogP contribution in [-0.4, -0.2) is 51.3 Å². The van der Waals surface area contributed by atoms with Crippen molar-refractivity contribution in [2.45, 2.75) is 25.9 Å². The number of hydrogen-bond acceptors (Lipinski definition) is 3. The summed E-state index contributed by atoms with van der Waals surface area (Å²) in [6.45, 7) is 6.58. The third-order valence-corrected chi connectivity index (χ3v) is 2.72. The Morgan fingerprint density at radius 3 is 2.93 bits per heavy atom. The maximum absolute atomic E-state index is 5.61. The van der Waals surface area contributed by atoms with Gasteiger partial charge in [0.1, 0.15) is 0 Å². The van der Waals surface area contributed by atoms with Gasteiger partial charge in [-0.05, 0) is 39.4 Å². The fourth-order valence-corrected chi connectivity index (χ4v) is 2.16. The number of nitrogens with one attached hydrogen (secondary N) is 1. The lowest BCUT2D eigenvalue weighted by atomic mass is 10.1. The van der Waals surface area contributed by atoms with Crippen LogP contribution >= 0.6 is 0 Å². The molecule has 1 heterocycles. The number of rotatable bonds is 6. The van der Waals surface area contributed by atoms with Gasteiger partial charge in [-0.25, -0.2) is 0 Å². The molecule has 0 amide bonds. The van der Waals surface area contributed by atoms with Gasteiger partial charge in [0.2, 0.25) is 0 Å². The predicted octanol–water partition coefficient (Wildman–Crippen LogP) is 0.953. The third kappa shape index (κ3) is 4.40. The normalized spacial score (nSPS) is 24.4. The molecule has 84 valence electrons. The third-order valence-electron chi connectivity index (χ3n) is 2.72. The van der Waals surface area contributed by atoms with Crippen LogP contribution in [0.3, 0.4) is 0 Å². The van der Waals surface area contributed by atoms with Gasteiger partial charge in [0, 0.05) is 19.7 Å². The van der Waals surface area contributed by atoms with Gasteiger partial charge in [-0.1, -0.05) is 6.92 Å². The largest absolute Gasteiger partial charge is 0.377 e. The maximum atomic E-state index is 5.61. The fraction of sp³-hybridized carbons (Fsp3) is 1.00. The molecule has 0 bridgehead atoms. The molecule has 1 fully saturated rings. The number of likely N-dealkylation sites (N-methyl/N-ethyl adjacent to an activating group) is 1. The first-order valence-corrected chi connectivity index (χ1v) is 5.67. The van der Waals surface area contributed by atoms with Gasteiger partial charge in [-0.15, -0.1) is 0 Å². The van der Waals surface area contributed by atoms with Crippen LogP contribution < -0.4 is 5.32 Å². The molecule has 2 unspecified atom stereocenters. The highest BCUT2D eigenvalue weighted by Gasteiger charge is 2.17. The molecule has 0 spiro atoms. The lowest BCUT2D eigenvalue weighted by Gasteiger charge is -2.23. The number of nitrogens with zero attached hydrogens (tertiary/aromatic N) is 1. The minimum absolute atomic E-state index is 0.488. The van der Waals surface area contributed by atoms with Crippen molar-refractivity contribution >= 4 is 0 Å². The summed E-state index contributed by atoms with van der Waals surface area (Å²) in [5.41, 5.74) is 0. The first kappa shape index (κ1) is 12.0. The Labute approximate surface area is 87.8 Å². The summed E-state index contributed by atoms with van der Waals surface area (Å²) in [4.78, 5) is 2.39. The molecule has 2 atom stereocenters. The second-order valence-electron chi connectivity index (χ2n) is 4.52. The molecule has 0 aromatic carbocycles. The van der Waals surface area contributed by atoms with Crippen LogP contribution in [0, 0.1) is 5.92 Å². The molecule has 3 heteroatoms. The minimum Gasteiger partial charge on any atom is -0.377 e. The Hall–Kier alpha value is -0.120. The van der Waals surface area contributed by atoms with Crippen molar-refractivity contribution in [2.24, 2.45) is 5.92 Å². The lowest BCUT2D eigenvalue weighted by molar-refractivity contribution is 0.0775. The molecule has 1 aliphatic rings. The van der Waals surface area contributed by atoms with Gasteiger partial charge in [-0.2, -0.15) is 0 Å². The van der Waals surface area contributed by atoms with Crippen molar-refractivity contribution in [3.05, 3.63) is 0 Å². The van der Waals surface area contributed by atoms with Gasteiger partial charge in [0.15, 0.2) is 0 Å². The van der Waals surface area contributed by atoms with Gasteiger partial charge in [0.25, 0.3) is 0 Å². The monoisotopic (exact) mass is 200 g/mol. The quantitative estimate of drug-likeness (QED) is 0.691. The van der Waals surface area contributed by atoms with E-state index in [9.17, 15) is 0 Å². The van der Waals surface area contributed by atoms with Crippen LogP contribution in [0.5, 0.6) is 0 Å². The highest BCUT2D eigenvalue weighted by Crippen LogP contribution is 2.13. The molecule has 1 saturated heterocycles. The van der Waals surface area contributed by atoms with E-state index < -0.39 is 0 Å². The molecule has 1 aliphatic heterocycles. The standard InChI is InChI=1S/C11H24N2O/c1-10(7-12-2)8-13(3)9-11-5-4-6-14-11/h10-12H,4-9H2,1-3H3. The van der Waals surface area contributed by atoms with Crippen LogP contribution in [0.1, 0.15) is 19.8 Å². The van der Waals surface area contributed by atoms with E-state index in [1.165, 1.54) is 12.8 Å². The molecular weight excluding hydrogens is 176 g/mol. The van der Waals surface area contributed by atoms with Crippen LogP contribution in [0.2, 0.25) is 0 Å². The molecule has 0 aromatic rings. The van der Waals surface area contributed by atoms with Crippen molar-refractivity contribution in [1.82, 2.24) is 10.2 Å². The Morgan fingerprint density at radius 1 is 1.57 bits per heavy atom. The summed E-state index contributed by atoms with van der Waals surface area (Å²) in [5, 5.41) is 3.21. The van der Waals surface area contributed by atoms with E-state index in [1.807, 2.05) is 7.05 Å². The Bertz CT molecular complexity index is 146. The second kappa shape index (κ2) is 6.38. The van der Waals surface area contributed by atoms with Crippen LogP contribution in [0.15, 0.2) is 0 Å². The van der Waals surface area contributed by atoms with Gasteiger partial charge in [-0.3, -0.25) is 0 Å². The molecule has 3 nitrogen and oxygen atoms in total. The van der Waals surface area contributed by atoms with E-state index in [4.69, 9.17) is 4.74 Å². The maximum Gasteiger partial charge on any atom is 0.0702 e. The predicted molar refractivity (Wildman–Crippen MR) is 59.6 cm³/mol. The van der Waals surface area contributed by atoms with E-state index in [-0.39, 0.29) is 0 Å². The summed E-state index contributed by atoms with van der Waals surface area (Å²) >= 11 is 0. The zero-order valence-electron chi connectivity index (χ0n) is 9.75. The lowest BCUT2D eigenvalue weighted by Crippen LogP contribution is -2.34. The van der Waals surface area contributed by atoms with E-state index >= 15 is 0 Å². The molecule has 1 N–H and O–H groups in total. The summed E-state index contributed by atoms with van der Waals surface area (Å²) < 4.78 is 5.61. The van der Waals surface area contributed by atoms with Crippen molar-refractivity contribution in [3.8, 4) is 0 Å². The van der Waals surface area contributed by atoms with E-state index in [2.05, 4.69) is 24.2 Å². The Balaban J connectivity index is 2.10. The van der Waals surface area contributed by atoms with Crippen LogP contribution in [0.25, 0.3) is 0 Å². The van der Waals surface area contributed by atoms with E-state index in [0.29, 0.717) is 12.0 Å². The molecule has 0 aromatic heterocycles. The molecule has 0 radical (unpaired) electrons. The van der Waals surface area contributed by atoms with Crippen molar-refractivity contribution in [2.75, 3.05) is 40.3 Å². The van der Waals surface area contributed by atoms with Gasteiger partial charge >= 0.3 is 0 Å². The summed E-state index contributed by atoms with van der Waals surface area (Å²) in [5.74, 6) is 0.714. The molecule has 0 saturated carbocycles. The molecule has 14 heavy (non-hydrogen) atoms. The molecule has 1 rings (SSSR count). The van der Waals surface area contributed by atoms with Gasteiger partial charge < -0.3 is 15.0 Å². The van der Waals surface area contributed by atoms with Crippen molar-refractivity contribution in [3.63, 3.8) is 0 Å². The summed E-state index contributed by atoms with van der Waals surface area (Å²) in [6.07, 6.45) is 2.97. The first-order valence-electron chi connectivity index (χ1n) is 5.67. The SMILES string of the molecule is CNCC(C)CN(C)CC1CCCO1. The highest BCUT2D eigenvalue weighted by molar-refractivity contribution is 4.70. The van der Waals surface area contributed by atoms with Crippen LogP contribution in [-0.2, 0) is 4.74 Å². The van der Waals surface area contributed by atoms with Gasteiger partial charge in [0.05, 0.1) is 6.10 Å². The van der Waals surface area contributed by atoms with Crippen molar-refractivity contribution < 1.29 is 4.74 Å². The smallest absolute Gasteiger partial charge is 0.0702 e. The summed E-state index contributed by atoms with van der Waals surface area (Å²) in [7, 11) is 4.20. The zero-order valence-corrected chi connectivity index (χ0v) is 9.75. The van der Waals surface area contributed by atoms with Crippen molar-refractivity contribution in [1.29, 1.82) is 0 Å². The average Bonchev–Trinajstić information content (AvgIpc) is 2.56. The minimum atomic E-state index is 0.488. The molecule has 0 aliphatic carbocycles. The van der Waals surface area contributed by atoms with E-state index in [0.717, 1.165) is 26.2 Å². The summed E-state index contributed by atoms with van der Waals surface area (Å²) in [6, 6.07) is 0. The van der Waals surface area contributed by atoms with Crippen LogP contribution in [0.4, 0.5) is 0 Å². The Morgan fingerprint density at radius 2 is 2.36 bits per heavy atom. The first-order chi connectivity index (χ1) is 6.72. The topological polar surface area (TPSA) is 24.5 Å². The fourth-order valence-electron chi connectivity index (χ4n) is 2.16. The number of hydrogen-bond donors (Lipinski definition) is 1. The molecular formula is C11H24N2O. The highest BCUT2D eigenvalue weighted by atomic mass is 16.5. The zero-order chi connectivity index (χ0) is 10.4. The Kier molecular flexibility index (Phi) is 5.45. The second-order valence-corrected chi connectivity index (χ2v) is 4.52. The van der Waals surface area contributed by atoms with E-state index in [1.54, 1.807) is 0 Å². The average molecular weight is 200 g/mol.